The summed E-state index contributed by atoms with van der Waals surface area (Å²) in [7, 11) is 0. The van der Waals surface area contributed by atoms with E-state index in [1.807, 2.05) is 105 Å². The normalized spacial score (nSPS) is 13.1. The van der Waals surface area contributed by atoms with Crippen molar-refractivity contribution in [3.05, 3.63) is 91.0 Å². The maximum Gasteiger partial charge on any atom is 0.239 e. The minimum Gasteiger partial charge on any atom is -0.321 e. The molecule has 0 amide bonds. The monoisotopic (exact) mass is 520 g/mol. The number of alkyl halides is 2. The topological polar surface area (TPSA) is 84.0 Å². The van der Waals surface area contributed by atoms with E-state index in [9.17, 15) is 23.6 Å². The lowest BCUT2D eigenvalue weighted by atomic mass is 9.87. The van der Waals surface area contributed by atoms with Crippen molar-refractivity contribution in [3.63, 3.8) is 0 Å². The lowest BCUT2D eigenvalue weighted by molar-refractivity contribution is -0.132. The molecule has 4 nitrogen and oxygen atoms in total. The first-order chi connectivity index (χ1) is 17.7. The molecule has 0 fully saturated rings. The van der Waals surface area contributed by atoms with Gasteiger partial charge in [0.25, 0.3) is 0 Å². The summed E-state index contributed by atoms with van der Waals surface area (Å²) in [5.74, 6) is -3.31. The summed E-state index contributed by atoms with van der Waals surface area (Å²) >= 11 is 0. The van der Waals surface area contributed by atoms with Crippen molar-refractivity contribution >= 4 is 39.7 Å². The number of hydrogen-bond donors (Lipinski definition) is 1. The molecule has 1 unspecified atom stereocenters. The number of halogens is 2. The second-order valence-corrected chi connectivity index (χ2v) is 12.7. The van der Waals surface area contributed by atoms with Gasteiger partial charge in [0.05, 0.1) is 12.0 Å². The van der Waals surface area contributed by atoms with Crippen LogP contribution in [0.15, 0.2) is 91.0 Å². The molecular weight excluding hydrogens is 489 g/mol. The zero-order valence-corrected chi connectivity index (χ0v) is 21.8. The van der Waals surface area contributed by atoms with E-state index in [1.54, 1.807) is 0 Å². The van der Waals surface area contributed by atoms with Crippen LogP contribution >= 0.6 is 6.89 Å². The average Bonchev–Trinajstić information content (AvgIpc) is 2.90. The fourth-order valence-corrected chi connectivity index (χ4v) is 8.83. The highest BCUT2D eigenvalue weighted by Gasteiger charge is 2.40. The number of hydrogen-bond acceptors (Lipinski definition) is 4. The molecule has 0 saturated heterocycles. The van der Waals surface area contributed by atoms with Gasteiger partial charge in [0.15, 0.2) is 11.6 Å². The third-order valence-corrected chi connectivity index (χ3v) is 10.5. The van der Waals surface area contributed by atoms with Crippen LogP contribution in [0, 0.1) is 23.2 Å². The molecule has 0 aromatic heterocycles. The molecule has 7 heteroatoms. The summed E-state index contributed by atoms with van der Waals surface area (Å²) in [5.41, 5.74) is 6.09. The third-order valence-electron chi connectivity index (χ3n) is 6.27. The molecular formula is C30H31F2N2O2P. The van der Waals surface area contributed by atoms with Gasteiger partial charge in [-0.2, -0.15) is 5.26 Å². The molecule has 0 saturated carbocycles. The van der Waals surface area contributed by atoms with Crippen molar-refractivity contribution in [2.24, 2.45) is 17.6 Å². The van der Waals surface area contributed by atoms with Gasteiger partial charge in [-0.3, -0.25) is 9.59 Å². The SMILES string of the molecule is CC(C)C[C@H](N)C(=O)C(CC(F)F)C(=O)C(C#N)=P(c1ccccc1)(c1ccccc1)c1ccccc1. The number of benzene rings is 3. The highest BCUT2D eigenvalue weighted by atomic mass is 31.2. The summed E-state index contributed by atoms with van der Waals surface area (Å²) in [6.07, 6.45) is -3.64. The summed E-state index contributed by atoms with van der Waals surface area (Å²) in [6, 6.07) is 28.4. The lowest BCUT2D eigenvalue weighted by Gasteiger charge is -2.31. The van der Waals surface area contributed by atoms with Crippen LogP contribution in [0.3, 0.4) is 0 Å². The van der Waals surface area contributed by atoms with Gasteiger partial charge in [0.1, 0.15) is 11.4 Å². The van der Waals surface area contributed by atoms with Crippen molar-refractivity contribution in [2.45, 2.75) is 39.2 Å². The number of nitrogens with two attached hydrogens (primary N) is 1. The van der Waals surface area contributed by atoms with E-state index in [4.69, 9.17) is 5.73 Å². The molecule has 0 aliphatic heterocycles. The van der Waals surface area contributed by atoms with E-state index in [0.717, 1.165) is 0 Å². The molecule has 0 aliphatic rings. The molecule has 2 atom stereocenters. The zero-order chi connectivity index (χ0) is 27.0. The molecule has 192 valence electrons. The number of carbonyl (C=O) groups excluding carboxylic acids is 2. The van der Waals surface area contributed by atoms with E-state index < -0.39 is 43.3 Å². The van der Waals surface area contributed by atoms with Crippen LogP contribution in [0.25, 0.3) is 0 Å². The molecule has 0 bridgehead atoms. The Labute approximate surface area is 217 Å². The highest BCUT2D eigenvalue weighted by molar-refractivity contribution is 7.97. The standard InChI is InChI=1S/C30H31F2N2O2P/c1-21(2)18-26(34)29(35)25(19-28(31)32)30(36)27(20-33)37(22-12-6-3-7-13-22,23-14-8-4-9-15-23)24-16-10-5-11-17-24/h3-17,21,25-26,28H,18-19,34H2,1-2H3/t25?,26-/m0/s1. The number of Topliss-reactive ketones (excluding diaryl/α,β-unsaturated/α-hetero) is 2. The quantitative estimate of drug-likeness (QED) is 0.299. The van der Waals surface area contributed by atoms with Crippen LogP contribution in [0.4, 0.5) is 8.78 Å². The second-order valence-electron chi connectivity index (χ2n) is 9.32. The van der Waals surface area contributed by atoms with Crippen molar-refractivity contribution in [1.29, 1.82) is 5.26 Å². The van der Waals surface area contributed by atoms with Crippen molar-refractivity contribution in [1.82, 2.24) is 0 Å². The summed E-state index contributed by atoms with van der Waals surface area (Å²) < 4.78 is 27.5. The van der Waals surface area contributed by atoms with Gasteiger partial charge in [-0.1, -0.05) is 105 Å². The van der Waals surface area contributed by atoms with Gasteiger partial charge in [0.2, 0.25) is 6.43 Å². The van der Waals surface area contributed by atoms with Crippen LogP contribution in [0.2, 0.25) is 0 Å². The Morgan fingerprint density at radius 1 is 0.811 bits per heavy atom. The highest BCUT2D eigenvalue weighted by Crippen LogP contribution is 2.47. The first kappa shape index (κ1) is 28.2. The van der Waals surface area contributed by atoms with Crippen molar-refractivity contribution in [2.75, 3.05) is 0 Å². The fraction of sp³-hybridized carbons (Fsp3) is 0.267. The molecule has 37 heavy (non-hydrogen) atoms. The van der Waals surface area contributed by atoms with Crippen LogP contribution < -0.4 is 21.6 Å². The minimum absolute atomic E-state index is 0.0326. The summed E-state index contributed by atoms with van der Waals surface area (Å²) in [4.78, 5) is 27.5. The Kier molecular flexibility index (Phi) is 9.69. The zero-order valence-electron chi connectivity index (χ0n) is 20.9. The average molecular weight is 521 g/mol. The van der Waals surface area contributed by atoms with Crippen LogP contribution in [0.5, 0.6) is 0 Å². The van der Waals surface area contributed by atoms with Gasteiger partial charge in [-0.05, 0) is 35.1 Å². The number of carbonyl (C=O) groups is 2. The molecule has 0 radical (unpaired) electrons. The molecule has 0 aliphatic carbocycles. The number of rotatable bonds is 11. The fourth-order valence-electron chi connectivity index (χ4n) is 4.66. The summed E-state index contributed by atoms with van der Waals surface area (Å²) in [5, 5.41) is 12.5. The number of nitrogens with zero attached hydrogens (tertiary/aromatic N) is 1. The molecule has 2 N–H and O–H groups in total. The Balaban J connectivity index is 2.43. The van der Waals surface area contributed by atoms with Gasteiger partial charge in [0, 0.05) is 6.42 Å². The van der Waals surface area contributed by atoms with E-state index >= 15 is 0 Å². The van der Waals surface area contributed by atoms with Gasteiger partial charge < -0.3 is 5.73 Å². The maximum absolute atomic E-state index is 14.2. The van der Waals surface area contributed by atoms with Crippen LogP contribution in [0.1, 0.15) is 26.7 Å². The first-order valence-electron chi connectivity index (χ1n) is 12.2. The Bertz CT molecular complexity index is 1200. The smallest absolute Gasteiger partial charge is 0.239 e. The van der Waals surface area contributed by atoms with Gasteiger partial charge in [-0.25, -0.2) is 8.78 Å². The lowest BCUT2D eigenvalue weighted by Crippen LogP contribution is -2.44. The van der Waals surface area contributed by atoms with Gasteiger partial charge >= 0.3 is 0 Å². The maximum atomic E-state index is 14.2. The van der Waals surface area contributed by atoms with Gasteiger partial charge in [-0.15, -0.1) is 0 Å². The number of nitriles is 1. The predicted octanol–water partition coefficient (Wildman–Crippen LogP) is 4.46. The van der Waals surface area contributed by atoms with Crippen molar-refractivity contribution < 1.29 is 18.4 Å². The Morgan fingerprint density at radius 3 is 1.54 bits per heavy atom. The van der Waals surface area contributed by atoms with Crippen LogP contribution in [-0.2, 0) is 9.59 Å². The Morgan fingerprint density at radius 2 is 1.22 bits per heavy atom. The minimum atomic E-state index is -3.15. The largest absolute Gasteiger partial charge is 0.321 e. The van der Waals surface area contributed by atoms with E-state index in [1.165, 1.54) is 0 Å². The molecule has 3 aromatic rings. The van der Waals surface area contributed by atoms with Crippen molar-refractivity contribution in [3.8, 4) is 6.07 Å². The predicted molar refractivity (Wildman–Crippen MR) is 147 cm³/mol. The van der Waals surface area contributed by atoms with E-state index in [-0.39, 0.29) is 17.6 Å². The van der Waals surface area contributed by atoms with Crippen LogP contribution in [-0.4, -0.2) is 29.3 Å². The second kappa shape index (κ2) is 12.7. The molecule has 3 aromatic carbocycles. The van der Waals surface area contributed by atoms with E-state index in [0.29, 0.717) is 15.9 Å². The summed E-state index contributed by atoms with van der Waals surface area (Å²) in [6.45, 7) is 0.577. The Hall–Kier alpha value is -3.39. The molecule has 0 spiro atoms. The molecule has 0 heterocycles. The van der Waals surface area contributed by atoms with E-state index in [2.05, 4.69) is 6.07 Å². The third kappa shape index (κ3) is 6.13. The first-order valence-corrected chi connectivity index (χ1v) is 14.0. The number of ketones is 2. The molecule has 3 rings (SSSR count).